The molecule has 2 aromatic heterocycles. The predicted molar refractivity (Wildman–Crippen MR) is 129 cm³/mol. The number of carbonyl (C=O) groups excluding carboxylic acids is 1. The third kappa shape index (κ3) is 7.28. The van der Waals surface area contributed by atoms with Crippen LogP contribution in [0.2, 0.25) is 0 Å². The van der Waals surface area contributed by atoms with E-state index in [1.165, 1.54) is 7.11 Å². The van der Waals surface area contributed by atoms with E-state index in [0.29, 0.717) is 11.2 Å². The maximum Gasteiger partial charge on any atom is 0.310 e. The van der Waals surface area contributed by atoms with Crippen LogP contribution in [0, 0.1) is 6.92 Å². The van der Waals surface area contributed by atoms with E-state index < -0.39 is 5.60 Å². The van der Waals surface area contributed by atoms with Crippen LogP contribution >= 0.6 is 15.9 Å². The van der Waals surface area contributed by atoms with Gasteiger partial charge in [-0.25, -0.2) is 4.98 Å². The molecule has 9 heteroatoms. The van der Waals surface area contributed by atoms with Crippen LogP contribution in [0.15, 0.2) is 23.3 Å². The third-order valence-electron chi connectivity index (χ3n) is 5.07. The van der Waals surface area contributed by atoms with Crippen LogP contribution in [0.25, 0.3) is 5.65 Å². The van der Waals surface area contributed by atoms with E-state index in [2.05, 4.69) is 44.4 Å². The zero-order valence-corrected chi connectivity index (χ0v) is 21.5. The fourth-order valence-electron chi connectivity index (χ4n) is 3.45. The van der Waals surface area contributed by atoms with Crippen LogP contribution < -0.4 is 4.90 Å². The lowest BCUT2D eigenvalue weighted by Crippen LogP contribution is -2.45. The summed E-state index contributed by atoms with van der Waals surface area (Å²) < 4.78 is 13.4. The number of aliphatic hydroxyl groups is 1. The molecule has 2 aromatic rings. The molecule has 0 amide bonds. The fraction of sp³-hybridized carbons (Fsp3) is 0.609. The standard InChI is InChI=1S/C19H25BrN4O3.C4H10O/c1-5-10-27-19(3)6-8-23(9-7-19)18-14(11-17(25)26-4)13(2)21-16-12-15(20)22-24(16)18;1-4(2,3)5/h5,12H,1,6-11H2,2-4H3;5H,1-3H3. The second kappa shape index (κ2) is 10.8. The van der Waals surface area contributed by atoms with Crippen molar-refractivity contribution in [2.75, 3.05) is 31.7 Å². The molecule has 1 aliphatic heterocycles. The Morgan fingerprint density at radius 2 is 1.97 bits per heavy atom. The number of piperidine rings is 1. The van der Waals surface area contributed by atoms with E-state index in [9.17, 15) is 4.79 Å². The van der Waals surface area contributed by atoms with E-state index in [0.717, 1.165) is 48.7 Å². The number of aryl methyl sites for hydroxylation is 1. The van der Waals surface area contributed by atoms with Crippen LogP contribution in [-0.2, 0) is 20.7 Å². The lowest BCUT2D eigenvalue weighted by atomic mass is 9.93. The Labute approximate surface area is 198 Å². The molecule has 8 nitrogen and oxygen atoms in total. The van der Waals surface area contributed by atoms with Crippen molar-refractivity contribution >= 4 is 33.4 Å². The van der Waals surface area contributed by atoms with Crippen LogP contribution in [0.1, 0.15) is 51.8 Å². The summed E-state index contributed by atoms with van der Waals surface area (Å²) in [6.45, 7) is 15.2. The minimum atomic E-state index is -0.500. The molecule has 178 valence electrons. The number of rotatable bonds is 6. The number of ether oxygens (including phenoxy) is 2. The molecule has 0 bridgehead atoms. The number of fused-ring (bicyclic) bond motifs is 1. The number of esters is 1. The molecule has 3 heterocycles. The van der Waals surface area contributed by atoms with E-state index in [-0.39, 0.29) is 18.0 Å². The number of halogens is 1. The fourth-order valence-corrected chi connectivity index (χ4v) is 3.82. The van der Waals surface area contributed by atoms with E-state index in [1.807, 2.05) is 17.5 Å². The molecule has 1 aliphatic rings. The molecular weight excluding hydrogens is 476 g/mol. The van der Waals surface area contributed by atoms with Crippen molar-refractivity contribution in [2.45, 2.75) is 65.1 Å². The normalized spacial score (nSPS) is 15.8. The second-order valence-electron chi connectivity index (χ2n) is 9.20. The maximum absolute atomic E-state index is 12.0. The highest BCUT2D eigenvalue weighted by molar-refractivity contribution is 9.10. The molecule has 1 N–H and O–H groups in total. The SMILES string of the molecule is C=CCOC1(C)CCN(c2c(CC(=O)OC)c(C)nc3cc(Br)nn23)CC1.CC(C)(C)O. The second-order valence-corrected chi connectivity index (χ2v) is 10.0. The number of methoxy groups -OCH3 is 1. The summed E-state index contributed by atoms with van der Waals surface area (Å²) in [5.74, 6) is 0.613. The van der Waals surface area contributed by atoms with Crippen molar-refractivity contribution < 1.29 is 19.4 Å². The molecule has 0 unspecified atom stereocenters. The lowest BCUT2D eigenvalue weighted by molar-refractivity contribution is -0.139. The Kier molecular flexibility index (Phi) is 8.84. The number of hydrogen-bond donors (Lipinski definition) is 1. The summed E-state index contributed by atoms with van der Waals surface area (Å²) in [6.07, 6.45) is 3.70. The molecule has 0 aromatic carbocycles. The lowest BCUT2D eigenvalue weighted by Gasteiger charge is -2.40. The topological polar surface area (TPSA) is 89.2 Å². The largest absolute Gasteiger partial charge is 0.469 e. The monoisotopic (exact) mass is 510 g/mol. The van der Waals surface area contributed by atoms with Gasteiger partial charge in [0.05, 0.1) is 31.3 Å². The Hall–Kier alpha value is -1.97. The smallest absolute Gasteiger partial charge is 0.310 e. The van der Waals surface area contributed by atoms with Gasteiger partial charge in [0.15, 0.2) is 5.65 Å². The molecule has 3 rings (SSSR count). The number of aromatic nitrogens is 3. The van der Waals surface area contributed by atoms with Crippen molar-refractivity contribution in [3.8, 4) is 0 Å². The van der Waals surface area contributed by atoms with Crippen molar-refractivity contribution in [2.24, 2.45) is 0 Å². The summed E-state index contributed by atoms with van der Waals surface area (Å²) in [4.78, 5) is 18.9. The minimum Gasteiger partial charge on any atom is -0.469 e. The summed E-state index contributed by atoms with van der Waals surface area (Å²) in [5.41, 5.74) is 1.74. The van der Waals surface area contributed by atoms with Gasteiger partial charge in [0.25, 0.3) is 0 Å². The van der Waals surface area contributed by atoms with Gasteiger partial charge in [-0.05, 0) is 63.4 Å². The molecule has 0 saturated carbocycles. The molecule has 0 atom stereocenters. The summed E-state index contributed by atoms with van der Waals surface area (Å²) in [7, 11) is 1.40. The van der Waals surface area contributed by atoms with Gasteiger partial charge in [0, 0.05) is 30.4 Å². The number of nitrogens with zero attached hydrogens (tertiary/aromatic N) is 4. The summed E-state index contributed by atoms with van der Waals surface area (Å²) in [5, 5.41) is 13.1. The number of hydrogen-bond acceptors (Lipinski definition) is 7. The molecule has 1 saturated heterocycles. The van der Waals surface area contributed by atoms with Gasteiger partial charge in [-0.3, -0.25) is 4.79 Å². The van der Waals surface area contributed by atoms with Crippen LogP contribution in [-0.4, -0.2) is 63.7 Å². The molecule has 0 spiro atoms. The molecule has 1 fully saturated rings. The Morgan fingerprint density at radius 3 is 2.50 bits per heavy atom. The van der Waals surface area contributed by atoms with E-state index in [4.69, 9.17) is 14.6 Å². The Morgan fingerprint density at radius 1 is 1.38 bits per heavy atom. The highest BCUT2D eigenvalue weighted by Gasteiger charge is 2.33. The van der Waals surface area contributed by atoms with Crippen molar-refractivity contribution in [1.29, 1.82) is 0 Å². The zero-order chi connectivity index (χ0) is 24.1. The zero-order valence-electron chi connectivity index (χ0n) is 19.9. The number of carbonyl (C=O) groups is 1. The first-order valence-electron chi connectivity index (χ1n) is 10.7. The van der Waals surface area contributed by atoms with Crippen molar-refractivity contribution in [1.82, 2.24) is 14.6 Å². The van der Waals surface area contributed by atoms with Gasteiger partial charge in [-0.15, -0.1) is 6.58 Å². The van der Waals surface area contributed by atoms with E-state index in [1.54, 1.807) is 26.8 Å². The quantitative estimate of drug-likeness (QED) is 0.466. The van der Waals surface area contributed by atoms with E-state index >= 15 is 0 Å². The van der Waals surface area contributed by atoms with Crippen molar-refractivity contribution in [3.63, 3.8) is 0 Å². The van der Waals surface area contributed by atoms with Gasteiger partial charge in [0.1, 0.15) is 10.4 Å². The predicted octanol–water partition coefficient (Wildman–Crippen LogP) is 3.85. The van der Waals surface area contributed by atoms with Crippen LogP contribution in [0.3, 0.4) is 0 Å². The Balaban J connectivity index is 0.000000654. The first-order valence-corrected chi connectivity index (χ1v) is 11.5. The van der Waals surface area contributed by atoms with Crippen LogP contribution in [0.4, 0.5) is 5.82 Å². The van der Waals surface area contributed by atoms with Gasteiger partial charge < -0.3 is 19.5 Å². The highest BCUT2D eigenvalue weighted by atomic mass is 79.9. The maximum atomic E-state index is 12.0. The third-order valence-corrected chi connectivity index (χ3v) is 5.46. The summed E-state index contributed by atoms with van der Waals surface area (Å²) in [6, 6.07) is 1.87. The first kappa shape index (κ1) is 26.3. The van der Waals surface area contributed by atoms with Crippen molar-refractivity contribution in [3.05, 3.63) is 34.6 Å². The summed E-state index contributed by atoms with van der Waals surface area (Å²) >= 11 is 3.43. The first-order chi connectivity index (χ1) is 14.9. The van der Waals surface area contributed by atoms with Gasteiger partial charge in [-0.2, -0.15) is 9.61 Å². The van der Waals surface area contributed by atoms with Gasteiger partial charge in [-0.1, -0.05) is 6.08 Å². The average Bonchev–Trinajstić information content (AvgIpc) is 3.06. The average molecular weight is 511 g/mol. The molecular formula is C23H35BrN4O4. The molecule has 32 heavy (non-hydrogen) atoms. The highest BCUT2D eigenvalue weighted by Crippen LogP contribution is 2.33. The Bertz CT molecular complexity index is 938. The van der Waals surface area contributed by atoms with Crippen LogP contribution in [0.5, 0.6) is 0 Å². The number of anilines is 1. The van der Waals surface area contributed by atoms with Gasteiger partial charge >= 0.3 is 5.97 Å². The molecule has 0 radical (unpaired) electrons. The minimum absolute atomic E-state index is 0.165. The molecule has 0 aliphatic carbocycles. The van der Waals surface area contributed by atoms with Gasteiger partial charge in [0.2, 0.25) is 0 Å².